The number of piperidine rings is 1. The van der Waals surface area contributed by atoms with Gasteiger partial charge in [0.25, 0.3) is 5.91 Å². The molecular weight excluding hydrogens is 811 g/mol. The number of benzene rings is 3. The number of pyridine rings is 1. The smallest absolute Gasteiger partial charge is 0.433 e. The van der Waals surface area contributed by atoms with Gasteiger partial charge in [0.15, 0.2) is 0 Å². The van der Waals surface area contributed by atoms with E-state index in [9.17, 15) is 31.2 Å². The van der Waals surface area contributed by atoms with Crippen molar-refractivity contribution in [1.29, 1.82) is 0 Å². The molecule has 0 radical (unpaired) electrons. The number of carboxylic acids is 1. The summed E-state index contributed by atoms with van der Waals surface area (Å²) in [6.07, 6.45) is -3.25. The van der Waals surface area contributed by atoms with Crippen LogP contribution in [0.15, 0.2) is 85.1 Å². The number of nitrogens with zero attached hydrogens (tertiary/aromatic N) is 3. The molecule has 1 unspecified atom stereocenters. The SMILES string of the molecule is CC.CC.CC(O)C(=O)O.O=C(c1ccc(N2CCNCC2)c(NS(=O)(=O)Cc2cccc(Cl)c2)c1)N1CCC(c2ccc(Oc3ccc(C(F)(F)F)nc3)cc2)CC1. The second-order valence-electron chi connectivity index (χ2n) is 13.1. The second-order valence-corrected chi connectivity index (χ2v) is 15.2. The number of carbonyl (C=O) groups is 2. The standard InChI is InChI=1S/C35H35ClF3N5O4S.C3H6O3.2C2H6/c36-28-3-1-2-24(20-28)23-49(46,47)42-31-21-27(6-10-32(31)43-18-14-40-15-19-43)34(45)44-16-12-26(13-17-44)25-4-7-29(8-5-25)48-30-9-11-33(41-22-30)35(37,38)39;1-2(4)3(5)6;2*1-2/h1-11,20-22,26,40,42H,12-19,23H2;2,4H,1H3,(H,5,6);2*1-2H3. The fourth-order valence-electron chi connectivity index (χ4n) is 6.13. The minimum atomic E-state index is -4.52. The zero-order chi connectivity index (χ0) is 43.8. The van der Waals surface area contributed by atoms with Crippen molar-refractivity contribution in [1.82, 2.24) is 15.2 Å². The lowest BCUT2D eigenvalue weighted by Gasteiger charge is -2.33. The number of halogens is 4. The maximum absolute atomic E-state index is 13.7. The molecule has 4 N–H and O–H groups in total. The molecule has 1 atom stereocenters. The van der Waals surface area contributed by atoms with Crippen molar-refractivity contribution >= 4 is 44.9 Å². The average molecular weight is 864 g/mol. The Morgan fingerprint density at radius 3 is 2.08 bits per heavy atom. The molecule has 2 fully saturated rings. The monoisotopic (exact) mass is 863 g/mol. The topological polar surface area (TPSA) is 161 Å². The minimum absolute atomic E-state index is 0.172. The van der Waals surface area contributed by atoms with Gasteiger partial charge >= 0.3 is 12.1 Å². The molecule has 3 heterocycles. The molecule has 0 saturated carbocycles. The van der Waals surface area contributed by atoms with Crippen LogP contribution in [0.5, 0.6) is 11.5 Å². The van der Waals surface area contributed by atoms with Crippen molar-refractivity contribution in [3.8, 4) is 11.5 Å². The van der Waals surface area contributed by atoms with E-state index < -0.39 is 34.0 Å². The van der Waals surface area contributed by atoms with Gasteiger partial charge in [0, 0.05) is 49.9 Å². The van der Waals surface area contributed by atoms with Crippen LogP contribution < -0.4 is 19.7 Å². The van der Waals surface area contributed by atoms with E-state index in [1.165, 1.54) is 13.0 Å². The molecule has 0 bridgehead atoms. The average Bonchev–Trinajstić information content (AvgIpc) is 3.22. The highest BCUT2D eigenvalue weighted by atomic mass is 35.5. The number of aliphatic hydroxyl groups is 1. The first-order valence-corrected chi connectivity index (χ1v) is 21.5. The van der Waals surface area contributed by atoms with E-state index in [1.54, 1.807) is 53.4 Å². The Kier molecular flexibility index (Phi) is 18.9. The maximum atomic E-state index is 13.7. The van der Waals surface area contributed by atoms with Crippen LogP contribution in [0.1, 0.15) is 80.6 Å². The van der Waals surface area contributed by atoms with Crippen LogP contribution >= 0.6 is 11.6 Å². The van der Waals surface area contributed by atoms with Crippen LogP contribution in [0.4, 0.5) is 24.5 Å². The van der Waals surface area contributed by atoms with Crippen molar-refractivity contribution in [3.05, 3.63) is 112 Å². The number of aliphatic hydroxyl groups excluding tert-OH is 1. The second kappa shape index (κ2) is 23.0. The molecule has 59 heavy (non-hydrogen) atoms. The lowest BCUT2D eigenvalue weighted by atomic mass is 9.89. The summed E-state index contributed by atoms with van der Waals surface area (Å²) in [5.41, 5.74) is 2.12. The first kappa shape index (κ1) is 48.5. The predicted octanol–water partition coefficient (Wildman–Crippen LogP) is 8.42. The molecule has 0 spiro atoms. The van der Waals surface area contributed by atoms with Crippen molar-refractivity contribution in [2.75, 3.05) is 48.9 Å². The zero-order valence-corrected chi connectivity index (χ0v) is 35.4. The number of piperazine rings is 1. The molecule has 322 valence electrons. The Balaban J connectivity index is 0.000000843. The first-order chi connectivity index (χ1) is 28.1. The predicted molar refractivity (Wildman–Crippen MR) is 225 cm³/mol. The molecule has 1 aromatic heterocycles. The fourth-order valence-corrected chi connectivity index (χ4v) is 7.54. The van der Waals surface area contributed by atoms with Gasteiger partial charge in [-0.25, -0.2) is 18.2 Å². The Morgan fingerprint density at radius 1 is 0.932 bits per heavy atom. The van der Waals surface area contributed by atoms with E-state index in [4.69, 9.17) is 26.6 Å². The van der Waals surface area contributed by atoms with E-state index >= 15 is 0 Å². The van der Waals surface area contributed by atoms with Crippen LogP contribution in [-0.4, -0.2) is 85.8 Å². The number of aromatic nitrogens is 1. The summed E-state index contributed by atoms with van der Waals surface area (Å²) in [6, 6.07) is 21.4. The summed E-state index contributed by atoms with van der Waals surface area (Å²) in [4.78, 5) is 30.5. The number of hydrogen-bond acceptors (Lipinski definition) is 9. The summed E-state index contributed by atoms with van der Waals surface area (Å²) in [6.45, 7) is 13.2. The van der Waals surface area contributed by atoms with Crippen LogP contribution in [0.3, 0.4) is 0 Å². The number of aliphatic carboxylic acids is 1. The molecule has 12 nitrogen and oxygen atoms in total. The number of alkyl halides is 3. The number of hydrogen-bond donors (Lipinski definition) is 4. The third-order valence-corrected chi connectivity index (χ3v) is 10.4. The summed E-state index contributed by atoms with van der Waals surface area (Å²) in [5.74, 6) is -0.745. The fraction of sp³-hybridized carbons (Fsp3) is 0.405. The number of ether oxygens (including phenoxy) is 1. The zero-order valence-electron chi connectivity index (χ0n) is 33.8. The molecule has 1 amide bonds. The van der Waals surface area contributed by atoms with Crippen LogP contribution in [0, 0.1) is 0 Å². The number of amides is 1. The number of likely N-dealkylation sites (tertiary alicyclic amines) is 1. The van der Waals surface area contributed by atoms with Crippen molar-refractivity contribution in [2.45, 2.75) is 71.4 Å². The van der Waals surface area contributed by atoms with Crippen LogP contribution in [-0.2, 0) is 26.7 Å². The Morgan fingerprint density at radius 2 is 1.54 bits per heavy atom. The van der Waals surface area contributed by atoms with Gasteiger partial charge in [0.05, 0.1) is 23.3 Å². The van der Waals surface area contributed by atoms with Gasteiger partial charge in [0.2, 0.25) is 10.0 Å². The Hall–Kier alpha value is -4.90. The highest BCUT2D eigenvalue weighted by Gasteiger charge is 2.32. The minimum Gasteiger partial charge on any atom is -0.479 e. The summed E-state index contributed by atoms with van der Waals surface area (Å²) in [5, 5.41) is 19.5. The number of anilines is 2. The molecule has 4 aromatic rings. The van der Waals surface area contributed by atoms with Crippen LogP contribution in [0.2, 0.25) is 5.02 Å². The largest absolute Gasteiger partial charge is 0.479 e. The van der Waals surface area contributed by atoms with Crippen molar-refractivity contribution in [2.24, 2.45) is 0 Å². The molecule has 6 rings (SSSR count). The van der Waals surface area contributed by atoms with Gasteiger partial charge in [-0.2, -0.15) is 13.2 Å². The third kappa shape index (κ3) is 15.0. The maximum Gasteiger partial charge on any atom is 0.433 e. The van der Waals surface area contributed by atoms with Crippen LogP contribution in [0.25, 0.3) is 0 Å². The third-order valence-electron chi connectivity index (χ3n) is 8.97. The van der Waals surface area contributed by atoms with E-state index in [-0.39, 0.29) is 23.3 Å². The molecule has 2 aliphatic heterocycles. The number of nitrogens with one attached hydrogen (secondary N) is 2. The summed E-state index contributed by atoms with van der Waals surface area (Å²) >= 11 is 6.08. The molecular formula is C42H53ClF3N5O7S. The van der Waals surface area contributed by atoms with Crippen molar-refractivity contribution in [3.63, 3.8) is 0 Å². The molecule has 17 heteroatoms. The quantitative estimate of drug-likeness (QED) is 0.122. The van der Waals surface area contributed by atoms with Gasteiger partial charge in [-0.1, -0.05) is 63.6 Å². The van der Waals surface area contributed by atoms with Gasteiger partial charge in [-0.05, 0) is 91.4 Å². The Bertz CT molecular complexity index is 2040. The number of carbonyl (C=O) groups excluding carboxylic acids is 1. The van der Waals surface area contributed by atoms with E-state index in [0.717, 1.165) is 43.8 Å². The van der Waals surface area contributed by atoms with Gasteiger partial charge in [-0.3, -0.25) is 9.52 Å². The Labute approximate surface area is 349 Å². The van der Waals surface area contributed by atoms with E-state index in [2.05, 4.69) is 19.9 Å². The molecule has 2 saturated heterocycles. The normalized spacial score (nSPS) is 14.9. The van der Waals surface area contributed by atoms with E-state index in [1.807, 2.05) is 45.9 Å². The number of carboxylic acid groups (broad SMARTS) is 1. The van der Waals surface area contributed by atoms with Gasteiger partial charge < -0.3 is 30.1 Å². The highest BCUT2D eigenvalue weighted by molar-refractivity contribution is 7.91. The lowest BCUT2D eigenvalue weighted by Crippen LogP contribution is -2.44. The molecule has 0 aliphatic carbocycles. The highest BCUT2D eigenvalue weighted by Crippen LogP contribution is 2.34. The summed E-state index contributed by atoms with van der Waals surface area (Å²) in [7, 11) is -3.83. The summed E-state index contributed by atoms with van der Waals surface area (Å²) < 4.78 is 73.4. The number of rotatable bonds is 10. The number of sulfonamides is 1. The molecule has 3 aromatic carbocycles. The van der Waals surface area contributed by atoms with Gasteiger partial charge in [-0.15, -0.1) is 0 Å². The van der Waals surface area contributed by atoms with Crippen molar-refractivity contribution < 1.29 is 46.1 Å². The van der Waals surface area contributed by atoms with Gasteiger partial charge in [0.1, 0.15) is 23.3 Å². The lowest BCUT2D eigenvalue weighted by molar-refractivity contribution is -0.145. The van der Waals surface area contributed by atoms with E-state index in [0.29, 0.717) is 59.5 Å². The molecule has 2 aliphatic rings. The first-order valence-electron chi connectivity index (χ1n) is 19.4.